The van der Waals surface area contributed by atoms with Crippen molar-refractivity contribution in [3.63, 3.8) is 0 Å². The number of benzene rings is 1. The zero-order valence-corrected chi connectivity index (χ0v) is 21.7. The fourth-order valence-corrected chi connectivity index (χ4v) is 7.66. The molecule has 1 rings (SSSR count). The van der Waals surface area contributed by atoms with Crippen LogP contribution in [-0.2, 0) is 0 Å². The van der Waals surface area contributed by atoms with Gasteiger partial charge in [-0.25, -0.2) is 0 Å². The first-order valence-corrected chi connectivity index (χ1v) is 16.0. The first-order valence-electron chi connectivity index (χ1n) is 13.5. The highest BCUT2D eigenvalue weighted by Crippen LogP contribution is 2.28. The van der Waals surface area contributed by atoms with Gasteiger partial charge in [-0.15, -0.1) is 0 Å². The van der Waals surface area contributed by atoms with Crippen LogP contribution in [0.3, 0.4) is 0 Å². The second-order valence-corrected chi connectivity index (χ2v) is 13.8. The fraction of sp³-hybridized carbons (Fsp3) is 0.786. The molecular weight excluding hydrogens is 380 g/mol. The average Bonchev–Trinajstić information content (AvgIpc) is 2.78. The Hall–Kier alpha value is -0.763. The molecule has 1 aromatic rings. The normalized spacial score (nSPS) is 11.7. The van der Waals surface area contributed by atoms with Crippen molar-refractivity contribution in [2.24, 2.45) is 0 Å². The average molecular weight is 433 g/mol. The predicted octanol–water partition coefficient (Wildman–Crippen LogP) is 10.3. The molecule has 0 atom stereocenters. The van der Waals surface area contributed by atoms with Gasteiger partial charge in [-0.1, -0.05) is 142 Å². The lowest BCUT2D eigenvalue weighted by molar-refractivity contribution is 0.514. The molecule has 0 aromatic heterocycles. The minimum absolute atomic E-state index is 1.09. The Kier molecular flexibility index (Phi) is 17.2. The molecule has 0 amide bonds. The molecule has 2 heteroatoms. The Labute approximate surface area is 190 Å². The summed E-state index contributed by atoms with van der Waals surface area (Å²) in [5, 5.41) is 0. The molecule has 0 bridgehead atoms. The number of hydrogen-bond donors (Lipinski definition) is 0. The SMILES string of the molecule is CCCCCCCCCCCCCCCCCC[Si](CC)(CC)Oc1ccccc1. The molecule has 0 heterocycles. The van der Waals surface area contributed by atoms with Gasteiger partial charge in [-0.05, 0) is 30.3 Å². The van der Waals surface area contributed by atoms with E-state index < -0.39 is 8.32 Å². The molecule has 1 aromatic carbocycles. The summed E-state index contributed by atoms with van der Waals surface area (Å²) in [4.78, 5) is 0. The van der Waals surface area contributed by atoms with Crippen molar-refractivity contribution in [3.05, 3.63) is 30.3 Å². The summed E-state index contributed by atoms with van der Waals surface area (Å²) < 4.78 is 6.56. The highest BCUT2D eigenvalue weighted by molar-refractivity contribution is 6.74. The molecule has 0 spiro atoms. The van der Waals surface area contributed by atoms with E-state index in [0.29, 0.717) is 0 Å². The van der Waals surface area contributed by atoms with E-state index in [0.717, 1.165) is 5.75 Å². The van der Waals surface area contributed by atoms with Gasteiger partial charge in [0.05, 0.1) is 0 Å². The van der Waals surface area contributed by atoms with E-state index in [1.165, 1.54) is 121 Å². The second kappa shape index (κ2) is 19.0. The second-order valence-electron chi connectivity index (χ2n) is 9.36. The van der Waals surface area contributed by atoms with Crippen molar-refractivity contribution in [1.29, 1.82) is 0 Å². The van der Waals surface area contributed by atoms with Gasteiger partial charge in [0.15, 0.2) is 0 Å². The zero-order chi connectivity index (χ0) is 21.8. The maximum Gasteiger partial charge on any atom is 0.250 e. The van der Waals surface area contributed by atoms with Gasteiger partial charge in [-0.2, -0.15) is 0 Å². The van der Waals surface area contributed by atoms with E-state index in [9.17, 15) is 0 Å². The summed E-state index contributed by atoms with van der Waals surface area (Å²) in [5.41, 5.74) is 0. The molecule has 0 saturated carbocycles. The maximum absolute atomic E-state index is 6.56. The number of para-hydroxylation sites is 1. The van der Waals surface area contributed by atoms with Crippen LogP contribution in [-0.4, -0.2) is 8.32 Å². The standard InChI is InChI=1S/C28H52OSi/c1-4-7-8-9-10-11-12-13-14-15-16-17-18-19-20-24-27-30(5-2,6-3)29-28-25-22-21-23-26-28/h21-23,25-26H,4-20,24,27H2,1-3H3. The van der Waals surface area contributed by atoms with Crippen LogP contribution in [0.25, 0.3) is 0 Å². The topological polar surface area (TPSA) is 9.23 Å². The minimum Gasteiger partial charge on any atom is -0.543 e. The van der Waals surface area contributed by atoms with Crippen LogP contribution in [0.5, 0.6) is 5.75 Å². The van der Waals surface area contributed by atoms with Crippen LogP contribution in [0.1, 0.15) is 124 Å². The van der Waals surface area contributed by atoms with Gasteiger partial charge in [0.2, 0.25) is 0 Å². The molecule has 0 aliphatic heterocycles. The van der Waals surface area contributed by atoms with Crippen molar-refractivity contribution in [2.45, 2.75) is 142 Å². The van der Waals surface area contributed by atoms with Crippen LogP contribution in [0, 0.1) is 0 Å². The van der Waals surface area contributed by atoms with Gasteiger partial charge in [0.1, 0.15) is 5.75 Å². The van der Waals surface area contributed by atoms with Crippen LogP contribution in [0.2, 0.25) is 18.1 Å². The Morgan fingerprint density at radius 2 is 0.933 bits per heavy atom. The summed E-state index contributed by atoms with van der Waals surface area (Å²) in [5.74, 6) is 1.09. The molecule has 0 saturated heterocycles. The van der Waals surface area contributed by atoms with Gasteiger partial charge >= 0.3 is 0 Å². The Morgan fingerprint density at radius 1 is 0.533 bits per heavy atom. The van der Waals surface area contributed by atoms with Crippen molar-refractivity contribution in [2.75, 3.05) is 0 Å². The zero-order valence-electron chi connectivity index (χ0n) is 20.7. The number of rotatable bonds is 21. The summed E-state index contributed by atoms with van der Waals surface area (Å²) in [6.07, 6.45) is 23.0. The summed E-state index contributed by atoms with van der Waals surface area (Å²) in [7, 11) is -1.59. The lowest BCUT2D eigenvalue weighted by Gasteiger charge is -2.30. The van der Waals surface area contributed by atoms with Gasteiger partial charge in [-0.3, -0.25) is 0 Å². The summed E-state index contributed by atoms with van der Waals surface area (Å²) in [6, 6.07) is 14.3. The molecule has 0 aliphatic rings. The third kappa shape index (κ3) is 13.5. The summed E-state index contributed by atoms with van der Waals surface area (Å²) >= 11 is 0. The minimum atomic E-state index is -1.59. The highest BCUT2D eigenvalue weighted by atomic mass is 28.4. The van der Waals surface area contributed by atoms with Crippen molar-refractivity contribution in [3.8, 4) is 5.75 Å². The third-order valence-corrected chi connectivity index (χ3v) is 11.4. The first-order chi connectivity index (χ1) is 14.8. The molecule has 30 heavy (non-hydrogen) atoms. The largest absolute Gasteiger partial charge is 0.543 e. The molecule has 0 radical (unpaired) electrons. The number of hydrogen-bond acceptors (Lipinski definition) is 1. The van der Waals surface area contributed by atoms with Crippen LogP contribution < -0.4 is 4.43 Å². The Morgan fingerprint density at radius 3 is 1.33 bits per heavy atom. The van der Waals surface area contributed by atoms with E-state index in [2.05, 4.69) is 51.1 Å². The van der Waals surface area contributed by atoms with E-state index in [1.807, 2.05) is 0 Å². The lowest BCUT2D eigenvalue weighted by atomic mass is 10.0. The fourth-order valence-electron chi connectivity index (χ4n) is 4.53. The monoisotopic (exact) mass is 432 g/mol. The smallest absolute Gasteiger partial charge is 0.250 e. The van der Waals surface area contributed by atoms with Crippen molar-refractivity contribution in [1.82, 2.24) is 0 Å². The third-order valence-electron chi connectivity index (χ3n) is 6.85. The van der Waals surface area contributed by atoms with E-state index in [4.69, 9.17) is 4.43 Å². The maximum atomic E-state index is 6.56. The molecular formula is C28H52OSi. The number of unbranched alkanes of at least 4 members (excludes halogenated alkanes) is 15. The Balaban J connectivity index is 1.95. The first kappa shape index (κ1) is 27.3. The van der Waals surface area contributed by atoms with Gasteiger partial charge < -0.3 is 4.43 Å². The quantitative estimate of drug-likeness (QED) is 0.139. The van der Waals surface area contributed by atoms with E-state index >= 15 is 0 Å². The predicted molar refractivity (Wildman–Crippen MR) is 138 cm³/mol. The summed E-state index contributed by atoms with van der Waals surface area (Å²) in [6.45, 7) is 6.98. The Bertz CT molecular complexity index is 469. The molecule has 0 N–H and O–H groups in total. The van der Waals surface area contributed by atoms with E-state index in [-0.39, 0.29) is 0 Å². The van der Waals surface area contributed by atoms with Crippen LogP contribution >= 0.6 is 0 Å². The van der Waals surface area contributed by atoms with Crippen molar-refractivity contribution < 1.29 is 4.43 Å². The van der Waals surface area contributed by atoms with Crippen LogP contribution in [0.4, 0.5) is 0 Å². The lowest BCUT2D eigenvalue weighted by Crippen LogP contribution is -2.40. The van der Waals surface area contributed by atoms with E-state index in [1.54, 1.807) is 0 Å². The highest BCUT2D eigenvalue weighted by Gasteiger charge is 2.32. The van der Waals surface area contributed by atoms with Crippen LogP contribution in [0.15, 0.2) is 30.3 Å². The van der Waals surface area contributed by atoms with Crippen molar-refractivity contribution >= 4 is 8.32 Å². The molecule has 0 aliphatic carbocycles. The van der Waals surface area contributed by atoms with Gasteiger partial charge in [0, 0.05) is 0 Å². The molecule has 0 unspecified atom stereocenters. The molecule has 1 nitrogen and oxygen atoms in total. The molecule has 174 valence electrons. The molecule has 0 fully saturated rings. The van der Waals surface area contributed by atoms with Gasteiger partial charge in [0.25, 0.3) is 8.32 Å².